The molecule has 0 aromatic carbocycles. The van der Waals surface area contributed by atoms with Gasteiger partial charge in [-0.25, -0.2) is 0 Å². The van der Waals surface area contributed by atoms with Crippen LogP contribution < -0.4 is 10.6 Å². The van der Waals surface area contributed by atoms with Crippen LogP contribution in [-0.4, -0.2) is 37.1 Å². The largest absolute Gasteiger partial charge is 0.466 e. The number of hydrogen-bond donors (Lipinski definition) is 2. The van der Waals surface area contributed by atoms with Crippen molar-refractivity contribution >= 4 is 11.9 Å². The van der Waals surface area contributed by atoms with Gasteiger partial charge in [0.25, 0.3) is 0 Å². The zero-order chi connectivity index (χ0) is 14.0. The first-order valence-electron chi connectivity index (χ1n) is 6.70. The number of carbonyl (C=O) groups excluding carboxylic acids is 2. The quantitative estimate of drug-likeness (QED) is 0.610. The van der Waals surface area contributed by atoms with E-state index in [1.54, 1.807) is 13.8 Å². The molecule has 0 aromatic heterocycles. The van der Waals surface area contributed by atoms with E-state index in [4.69, 9.17) is 4.74 Å². The van der Waals surface area contributed by atoms with Gasteiger partial charge < -0.3 is 15.4 Å². The van der Waals surface area contributed by atoms with E-state index in [1.807, 2.05) is 6.92 Å². The van der Waals surface area contributed by atoms with Crippen LogP contribution in [0.3, 0.4) is 0 Å². The van der Waals surface area contributed by atoms with E-state index < -0.39 is 0 Å². The van der Waals surface area contributed by atoms with Gasteiger partial charge in [-0.2, -0.15) is 0 Å². The Morgan fingerprint density at radius 2 is 1.89 bits per heavy atom. The predicted octanol–water partition coefficient (Wildman–Crippen LogP) is 1.22. The van der Waals surface area contributed by atoms with Crippen molar-refractivity contribution < 1.29 is 14.3 Å². The summed E-state index contributed by atoms with van der Waals surface area (Å²) < 4.78 is 4.80. The van der Waals surface area contributed by atoms with Gasteiger partial charge in [0.1, 0.15) is 0 Å². The van der Waals surface area contributed by atoms with Gasteiger partial charge in [0.15, 0.2) is 0 Å². The fourth-order valence-electron chi connectivity index (χ4n) is 1.59. The highest BCUT2D eigenvalue weighted by Crippen LogP contribution is 1.96. The standard InChI is InChI=1S/C13H26N2O3/c1-5-7-10(3)15-13(17)11(4)14-9-8-12(16)18-6-2/h10-11,14H,5-9H2,1-4H3,(H,15,17). The summed E-state index contributed by atoms with van der Waals surface area (Å²) in [5.41, 5.74) is 0. The summed E-state index contributed by atoms with van der Waals surface area (Å²) in [6.07, 6.45) is 2.31. The van der Waals surface area contributed by atoms with Gasteiger partial charge in [-0.15, -0.1) is 0 Å². The minimum Gasteiger partial charge on any atom is -0.466 e. The van der Waals surface area contributed by atoms with E-state index in [0.717, 1.165) is 12.8 Å². The lowest BCUT2D eigenvalue weighted by molar-refractivity contribution is -0.143. The van der Waals surface area contributed by atoms with E-state index >= 15 is 0 Å². The van der Waals surface area contributed by atoms with Crippen LogP contribution in [0.1, 0.15) is 47.0 Å². The van der Waals surface area contributed by atoms with Gasteiger partial charge in [0, 0.05) is 12.6 Å². The molecule has 5 heteroatoms. The molecule has 0 aliphatic carbocycles. The topological polar surface area (TPSA) is 67.4 Å². The zero-order valence-electron chi connectivity index (χ0n) is 11.9. The average Bonchev–Trinajstić information content (AvgIpc) is 2.29. The first-order chi connectivity index (χ1) is 8.51. The van der Waals surface area contributed by atoms with Crippen LogP contribution in [0.4, 0.5) is 0 Å². The molecule has 0 spiro atoms. The lowest BCUT2D eigenvalue weighted by Gasteiger charge is -2.17. The number of esters is 1. The number of amides is 1. The van der Waals surface area contributed by atoms with Crippen LogP contribution in [0.25, 0.3) is 0 Å². The Hall–Kier alpha value is -1.10. The molecule has 0 saturated heterocycles. The molecule has 0 aromatic rings. The molecular weight excluding hydrogens is 232 g/mol. The van der Waals surface area contributed by atoms with Gasteiger partial charge in [-0.05, 0) is 27.2 Å². The van der Waals surface area contributed by atoms with Crippen molar-refractivity contribution in [1.82, 2.24) is 10.6 Å². The van der Waals surface area contributed by atoms with E-state index in [2.05, 4.69) is 17.6 Å². The monoisotopic (exact) mass is 258 g/mol. The maximum atomic E-state index is 11.7. The predicted molar refractivity (Wildman–Crippen MR) is 71.2 cm³/mol. The normalized spacial score (nSPS) is 13.8. The van der Waals surface area contributed by atoms with Crippen LogP contribution in [0, 0.1) is 0 Å². The van der Waals surface area contributed by atoms with Gasteiger partial charge >= 0.3 is 5.97 Å². The van der Waals surface area contributed by atoms with E-state index in [9.17, 15) is 9.59 Å². The second kappa shape index (κ2) is 9.88. The molecule has 0 fully saturated rings. The average molecular weight is 258 g/mol. The van der Waals surface area contributed by atoms with Gasteiger partial charge in [-0.1, -0.05) is 13.3 Å². The Labute approximate surface area is 110 Å². The van der Waals surface area contributed by atoms with Gasteiger partial charge in [0.05, 0.1) is 19.1 Å². The molecule has 2 unspecified atom stereocenters. The molecule has 2 N–H and O–H groups in total. The third-order valence-electron chi connectivity index (χ3n) is 2.59. The van der Waals surface area contributed by atoms with Crippen molar-refractivity contribution in [2.75, 3.05) is 13.2 Å². The van der Waals surface area contributed by atoms with E-state index in [0.29, 0.717) is 13.2 Å². The van der Waals surface area contributed by atoms with Crippen LogP contribution >= 0.6 is 0 Å². The minimum absolute atomic E-state index is 0.0280. The summed E-state index contributed by atoms with van der Waals surface area (Å²) in [5, 5.41) is 5.93. The second-order valence-corrected chi connectivity index (χ2v) is 4.43. The SMILES string of the molecule is CCCC(C)NC(=O)C(C)NCCC(=O)OCC. The van der Waals surface area contributed by atoms with E-state index in [1.165, 1.54) is 0 Å². The van der Waals surface area contributed by atoms with E-state index in [-0.39, 0.29) is 30.4 Å². The molecule has 1 amide bonds. The Kier molecular flexibility index (Phi) is 9.28. The summed E-state index contributed by atoms with van der Waals surface area (Å²) in [5.74, 6) is -0.267. The van der Waals surface area contributed by atoms with Gasteiger partial charge in [-0.3, -0.25) is 9.59 Å². The van der Waals surface area contributed by atoms with Crippen molar-refractivity contribution in [2.24, 2.45) is 0 Å². The molecule has 0 radical (unpaired) electrons. The third kappa shape index (κ3) is 8.06. The first-order valence-corrected chi connectivity index (χ1v) is 6.70. The van der Waals surface area contributed by atoms with Gasteiger partial charge in [0.2, 0.25) is 5.91 Å². The lowest BCUT2D eigenvalue weighted by Crippen LogP contribution is -2.45. The molecule has 0 aliphatic rings. The lowest BCUT2D eigenvalue weighted by atomic mass is 10.2. The highest BCUT2D eigenvalue weighted by molar-refractivity contribution is 5.81. The van der Waals surface area contributed by atoms with Crippen LogP contribution in [-0.2, 0) is 14.3 Å². The Balaban J connectivity index is 3.77. The number of hydrogen-bond acceptors (Lipinski definition) is 4. The molecule has 0 saturated carbocycles. The fourth-order valence-corrected chi connectivity index (χ4v) is 1.59. The summed E-state index contributed by atoms with van der Waals surface area (Å²) in [6, 6.07) is -0.101. The number of carbonyl (C=O) groups is 2. The summed E-state index contributed by atoms with van der Waals surface area (Å²) in [4.78, 5) is 22.8. The molecule has 0 heterocycles. The van der Waals surface area contributed by atoms with Crippen molar-refractivity contribution in [1.29, 1.82) is 0 Å². The smallest absolute Gasteiger partial charge is 0.307 e. The first kappa shape index (κ1) is 16.9. The molecule has 106 valence electrons. The third-order valence-corrected chi connectivity index (χ3v) is 2.59. The molecule has 0 aliphatic heterocycles. The summed E-state index contributed by atoms with van der Waals surface area (Å²) >= 11 is 0. The minimum atomic E-state index is -0.293. The molecule has 5 nitrogen and oxygen atoms in total. The zero-order valence-corrected chi connectivity index (χ0v) is 11.9. The summed E-state index contributed by atoms with van der Waals surface area (Å²) in [7, 11) is 0. The maximum absolute atomic E-state index is 11.7. The Bertz CT molecular complexity index is 257. The van der Waals surface area contributed by atoms with Crippen molar-refractivity contribution in [3.63, 3.8) is 0 Å². The number of rotatable bonds is 9. The molecular formula is C13H26N2O3. The number of nitrogens with one attached hydrogen (secondary N) is 2. The Morgan fingerprint density at radius 3 is 2.44 bits per heavy atom. The van der Waals surface area contributed by atoms with Crippen LogP contribution in [0.5, 0.6) is 0 Å². The fraction of sp³-hybridized carbons (Fsp3) is 0.846. The summed E-state index contributed by atoms with van der Waals surface area (Å²) in [6.45, 7) is 8.49. The molecule has 18 heavy (non-hydrogen) atoms. The highest BCUT2D eigenvalue weighted by atomic mass is 16.5. The van der Waals surface area contributed by atoms with Crippen molar-refractivity contribution in [3.05, 3.63) is 0 Å². The van der Waals surface area contributed by atoms with Crippen molar-refractivity contribution in [3.8, 4) is 0 Å². The van der Waals surface area contributed by atoms with Crippen LogP contribution in [0.2, 0.25) is 0 Å². The van der Waals surface area contributed by atoms with Crippen LogP contribution in [0.15, 0.2) is 0 Å². The molecule has 0 bridgehead atoms. The maximum Gasteiger partial charge on any atom is 0.307 e. The highest BCUT2D eigenvalue weighted by Gasteiger charge is 2.14. The Morgan fingerprint density at radius 1 is 1.22 bits per heavy atom. The molecule has 0 rings (SSSR count). The number of ether oxygens (including phenoxy) is 1. The molecule has 2 atom stereocenters. The van der Waals surface area contributed by atoms with Crippen molar-refractivity contribution in [2.45, 2.75) is 59.0 Å². The second-order valence-electron chi connectivity index (χ2n) is 4.43.